The number of benzene rings is 1. The van der Waals surface area contributed by atoms with Crippen molar-refractivity contribution in [1.29, 1.82) is 0 Å². The number of para-hydroxylation sites is 1. The topological polar surface area (TPSA) is 55.8 Å². The van der Waals surface area contributed by atoms with Crippen LogP contribution in [0.15, 0.2) is 36.4 Å². The Labute approximate surface area is 157 Å². The molecule has 0 aromatic heterocycles. The van der Waals surface area contributed by atoms with Crippen molar-refractivity contribution in [3.05, 3.63) is 42.0 Å². The molecule has 2 rings (SSSR count). The highest BCUT2D eigenvalue weighted by molar-refractivity contribution is 5.89. The lowest BCUT2D eigenvalue weighted by atomic mass is 9.89. The first-order valence-corrected chi connectivity index (χ1v) is 8.85. The van der Waals surface area contributed by atoms with Crippen molar-refractivity contribution in [1.82, 2.24) is 0 Å². The molecule has 2 atom stereocenters. The van der Waals surface area contributed by atoms with Crippen molar-refractivity contribution in [3.63, 3.8) is 0 Å². The van der Waals surface area contributed by atoms with E-state index in [0.717, 1.165) is 12.8 Å². The van der Waals surface area contributed by atoms with Crippen LogP contribution in [0.3, 0.4) is 0 Å². The minimum absolute atomic E-state index is 0.208. The van der Waals surface area contributed by atoms with Gasteiger partial charge in [0.2, 0.25) is 0 Å². The Balaban J connectivity index is 2.40. The normalized spacial score (nSPS) is 20.0. The minimum Gasteiger partial charge on any atom is -0.423 e. The number of carbonyl (C=O) groups is 1. The Morgan fingerprint density at radius 1 is 1.26 bits per heavy atom. The van der Waals surface area contributed by atoms with Gasteiger partial charge in [-0.2, -0.15) is 13.2 Å². The van der Waals surface area contributed by atoms with Crippen LogP contribution in [0.4, 0.5) is 13.2 Å². The summed E-state index contributed by atoms with van der Waals surface area (Å²) < 4.78 is 50.9. The van der Waals surface area contributed by atoms with Crippen LogP contribution < -0.4 is 4.74 Å². The molecule has 1 N–H and O–H groups in total. The monoisotopic (exact) mass is 386 g/mol. The molecule has 0 radical (unpaired) electrons. The van der Waals surface area contributed by atoms with E-state index in [1.54, 1.807) is 24.3 Å². The van der Waals surface area contributed by atoms with Crippen molar-refractivity contribution in [3.8, 4) is 5.75 Å². The molecule has 7 heteroatoms. The molecule has 1 saturated carbocycles. The van der Waals surface area contributed by atoms with Crippen LogP contribution in [0.2, 0.25) is 0 Å². The largest absolute Gasteiger partial charge is 0.423 e. The lowest BCUT2D eigenvalue weighted by Crippen LogP contribution is -2.54. The van der Waals surface area contributed by atoms with Crippen LogP contribution in [0.5, 0.6) is 5.75 Å². The second-order valence-corrected chi connectivity index (χ2v) is 7.27. The summed E-state index contributed by atoms with van der Waals surface area (Å²) >= 11 is 0. The fraction of sp³-hybridized carbons (Fsp3) is 0.550. The number of esters is 1. The summed E-state index contributed by atoms with van der Waals surface area (Å²) in [5.41, 5.74) is -3.37. The van der Waals surface area contributed by atoms with E-state index in [1.807, 2.05) is 0 Å². The predicted molar refractivity (Wildman–Crippen MR) is 94.3 cm³/mol. The number of aliphatic hydroxyl groups is 1. The standard InChI is InChI=1S/C20H25F3O4/c1-13(2)17(24)26-16-10-6-5-9-15(16)19(11-7-8-12-19)27-14(3)18(4,25)20(21,22)23/h5-6,9-10,14,25H,1,7-8,11-12H2,2-4H3. The van der Waals surface area contributed by atoms with E-state index in [0.29, 0.717) is 25.3 Å². The number of alkyl halides is 3. The van der Waals surface area contributed by atoms with Gasteiger partial charge in [0.25, 0.3) is 0 Å². The maximum absolute atomic E-state index is 13.2. The van der Waals surface area contributed by atoms with Crippen molar-refractivity contribution < 1.29 is 32.5 Å². The third-order valence-electron chi connectivity index (χ3n) is 5.11. The Morgan fingerprint density at radius 2 is 1.81 bits per heavy atom. The van der Waals surface area contributed by atoms with Crippen LogP contribution in [0.1, 0.15) is 52.0 Å². The van der Waals surface area contributed by atoms with Crippen LogP contribution in [-0.2, 0) is 15.1 Å². The van der Waals surface area contributed by atoms with Gasteiger partial charge in [0, 0.05) is 11.1 Å². The SMILES string of the molecule is C=C(C)C(=O)Oc1ccccc1C1(OC(C)C(C)(O)C(F)(F)F)CCCC1. The molecular weight excluding hydrogens is 361 g/mol. The maximum atomic E-state index is 13.2. The number of hydrogen-bond donors (Lipinski definition) is 1. The van der Waals surface area contributed by atoms with Crippen LogP contribution in [0.25, 0.3) is 0 Å². The molecule has 0 bridgehead atoms. The second-order valence-electron chi connectivity index (χ2n) is 7.27. The Hall–Kier alpha value is -1.86. The molecule has 2 unspecified atom stereocenters. The molecule has 1 aliphatic rings. The van der Waals surface area contributed by atoms with Gasteiger partial charge < -0.3 is 14.6 Å². The second kappa shape index (κ2) is 7.64. The van der Waals surface area contributed by atoms with Crippen molar-refractivity contribution in [2.24, 2.45) is 0 Å². The highest BCUT2D eigenvalue weighted by Gasteiger charge is 2.56. The van der Waals surface area contributed by atoms with E-state index in [-0.39, 0.29) is 11.3 Å². The van der Waals surface area contributed by atoms with E-state index in [2.05, 4.69) is 6.58 Å². The zero-order valence-corrected chi connectivity index (χ0v) is 15.7. The summed E-state index contributed by atoms with van der Waals surface area (Å²) in [6, 6.07) is 6.64. The van der Waals surface area contributed by atoms with Crippen molar-refractivity contribution in [2.75, 3.05) is 0 Å². The summed E-state index contributed by atoms with van der Waals surface area (Å²) in [4.78, 5) is 11.9. The van der Waals surface area contributed by atoms with Gasteiger partial charge in [-0.3, -0.25) is 0 Å². The number of carbonyl (C=O) groups excluding carboxylic acids is 1. The Morgan fingerprint density at radius 3 is 2.33 bits per heavy atom. The molecule has 0 amide bonds. The smallest absolute Gasteiger partial charge is 0.419 e. The van der Waals surface area contributed by atoms with Gasteiger partial charge in [-0.05, 0) is 39.7 Å². The molecule has 4 nitrogen and oxygen atoms in total. The third kappa shape index (κ3) is 4.35. The molecule has 1 aromatic carbocycles. The van der Waals surface area contributed by atoms with Crippen LogP contribution in [0, 0.1) is 0 Å². The summed E-state index contributed by atoms with van der Waals surface area (Å²) in [6.07, 6.45) is -3.91. The van der Waals surface area contributed by atoms with E-state index < -0.39 is 29.5 Å². The molecule has 1 aliphatic carbocycles. The van der Waals surface area contributed by atoms with Crippen LogP contribution in [-0.4, -0.2) is 29.0 Å². The summed E-state index contributed by atoms with van der Waals surface area (Å²) in [6.45, 7) is 6.96. The average Bonchev–Trinajstić information content (AvgIpc) is 3.03. The highest BCUT2D eigenvalue weighted by Crippen LogP contribution is 2.48. The molecule has 0 spiro atoms. The quantitative estimate of drug-likeness (QED) is 0.439. The zero-order valence-electron chi connectivity index (χ0n) is 15.7. The molecule has 27 heavy (non-hydrogen) atoms. The molecule has 1 aromatic rings. The zero-order chi connectivity index (χ0) is 20.5. The van der Waals surface area contributed by atoms with E-state index >= 15 is 0 Å². The van der Waals surface area contributed by atoms with Crippen molar-refractivity contribution >= 4 is 5.97 Å². The van der Waals surface area contributed by atoms with E-state index in [4.69, 9.17) is 9.47 Å². The lowest BCUT2D eigenvalue weighted by molar-refractivity contribution is -0.300. The van der Waals surface area contributed by atoms with Crippen LogP contribution >= 0.6 is 0 Å². The van der Waals surface area contributed by atoms with E-state index in [9.17, 15) is 23.1 Å². The highest BCUT2D eigenvalue weighted by atomic mass is 19.4. The number of halogens is 3. The molecule has 0 aliphatic heterocycles. The molecule has 0 saturated heterocycles. The van der Waals surface area contributed by atoms with Gasteiger partial charge in [-0.25, -0.2) is 4.79 Å². The van der Waals surface area contributed by atoms with Gasteiger partial charge in [0.05, 0.1) is 11.7 Å². The summed E-state index contributed by atoms with van der Waals surface area (Å²) in [5, 5.41) is 9.98. The minimum atomic E-state index is -4.84. The van der Waals surface area contributed by atoms with Gasteiger partial charge in [0.1, 0.15) is 5.75 Å². The molecule has 0 heterocycles. The fourth-order valence-corrected chi connectivity index (χ4v) is 3.20. The Kier molecular flexibility index (Phi) is 6.06. The van der Waals surface area contributed by atoms with E-state index in [1.165, 1.54) is 13.8 Å². The average molecular weight is 386 g/mol. The number of hydrogen-bond acceptors (Lipinski definition) is 4. The van der Waals surface area contributed by atoms with Gasteiger partial charge >= 0.3 is 12.1 Å². The molecular formula is C20H25F3O4. The summed E-state index contributed by atoms with van der Waals surface area (Å²) in [5.74, 6) is -0.391. The molecule has 1 fully saturated rings. The number of ether oxygens (including phenoxy) is 2. The predicted octanol–water partition coefficient (Wildman–Crippen LogP) is 4.66. The summed E-state index contributed by atoms with van der Waals surface area (Å²) in [7, 11) is 0. The molecule has 150 valence electrons. The van der Waals surface area contributed by atoms with Crippen molar-refractivity contribution in [2.45, 2.75) is 69.9 Å². The van der Waals surface area contributed by atoms with Gasteiger partial charge in [-0.15, -0.1) is 0 Å². The lowest BCUT2D eigenvalue weighted by Gasteiger charge is -2.40. The first-order chi connectivity index (χ1) is 12.4. The maximum Gasteiger partial charge on any atom is 0.419 e. The number of rotatable bonds is 6. The Bertz CT molecular complexity index is 703. The third-order valence-corrected chi connectivity index (χ3v) is 5.11. The van der Waals surface area contributed by atoms with Gasteiger partial charge in [-0.1, -0.05) is 37.6 Å². The fourth-order valence-electron chi connectivity index (χ4n) is 3.20. The first-order valence-electron chi connectivity index (χ1n) is 8.85. The van der Waals surface area contributed by atoms with Gasteiger partial charge in [0.15, 0.2) is 5.60 Å². The first kappa shape index (κ1) is 21.4.